The quantitative estimate of drug-likeness (QED) is 0.164. The van der Waals surface area contributed by atoms with Crippen molar-refractivity contribution in [2.45, 2.75) is 51.2 Å². The molecule has 0 aliphatic rings. The van der Waals surface area contributed by atoms with Crippen LogP contribution < -0.4 is 10.6 Å². The van der Waals surface area contributed by atoms with E-state index >= 15 is 0 Å². The summed E-state index contributed by atoms with van der Waals surface area (Å²) >= 11 is 0. The molecule has 0 radical (unpaired) electrons. The Labute approximate surface area is 252 Å². The highest BCUT2D eigenvalue weighted by Gasteiger charge is 2.20. The zero-order valence-corrected chi connectivity index (χ0v) is 24.2. The Morgan fingerprint density at radius 2 is 1.26 bits per heavy atom. The number of unbranched alkanes of at least 4 members (excludes halogenated alkanes) is 1. The molecule has 10 nitrogen and oxygen atoms in total. The molecule has 0 fully saturated rings. The number of carboxylic acid groups (broad SMARTS) is 1. The van der Waals surface area contributed by atoms with Crippen LogP contribution in [0.2, 0.25) is 0 Å². The van der Waals surface area contributed by atoms with Gasteiger partial charge in [-0.2, -0.15) is 0 Å². The van der Waals surface area contributed by atoms with E-state index in [2.05, 4.69) is 10.6 Å². The summed E-state index contributed by atoms with van der Waals surface area (Å²) in [5.41, 5.74) is 2.91. The van der Waals surface area contributed by atoms with E-state index in [1.54, 1.807) is 0 Å². The predicted octanol–water partition coefficient (Wildman–Crippen LogP) is 4.47. The minimum Gasteiger partial charge on any atom is -0.480 e. The Bertz CT molecular complexity index is 1210. The first-order chi connectivity index (χ1) is 21.0. The van der Waals surface area contributed by atoms with Gasteiger partial charge in [0.1, 0.15) is 25.4 Å². The van der Waals surface area contributed by atoms with Gasteiger partial charge in [-0.15, -0.1) is 0 Å². The lowest BCUT2D eigenvalue weighted by Gasteiger charge is -2.19. The molecule has 0 aliphatic carbocycles. The molecule has 0 aromatic heterocycles. The summed E-state index contributed by atoms with van der Waals surface area (Å²) < 4.78 is 22.5. The summed E-state index contributed by atoms with van der Waals surface area (Å²) in [7, 11) is 0. The average molecular weight is 593 g/mol. The molecule has 3 aromatic carbocycles. The number of carbonyl (C=O) groups is 3. The van der Waals surface area contributed by atoms with Gasteiger partial charge in [0.15, 0.2) is 0 Å². The van der Waals surface area contributed by atoms with Crippen molar-refractivity contribution in [3.63, 3.8) is 0 Å². The van der Waals surface area contributed by atoms with E-state index < -0.39 is 30.1 Å². The summed E-state index contributed by atoms with van der Waals surface area (Å²) in [5.74, 6) is -1.68. The number of nitrogens with one attached hydrogen (secondary N) is 2. The summed E-state index contributed by atoms with van der Waals surface area (Å²) in [6.45, 7) is 1.31. The van der Waals surface area contributed by atoms with Crippen molar-refractivity contribution >= 4 is 18.0 Å². The largest absolute Gasteiger partial charge is 0.480 e. The van der Waals surface area contributed by atoms with Crippen LogP contribution in [0.1, 0.15) is 36.0 Å². The summed E-state index contributed by atoms with van der Waals surface area (Å²) in [4.78, 5) is 36.0. The smallest absolute Gasteiger partial charge is 0.407 e. The normalized spacial score (nSPS) is 12.2. The van der Waals surface area contributed by atoms with Crippen molar-refractivity contribution in [2.24, 2.45) is 0 Å². The van der Waals surface area contributed by atoms with Crippen molar-refractivity contribution in [2.75, 3.05) is 26.4 Å². The molecule has 230 valence electrons. The van der Waals surface area contributed by atoms with Crippen molar-refractivity contribution in [3.8, 4) is 0 Å². The van der Waals surface area contributed by atoms with Crippen LogP contribution in [0.5, 0.6) is 0 Å². The first-order valence-corrected chi connectivity index (χ1v) is 14.3. The second-order valence-electron chi connectivity index (χ2n) is 9.88. The molecule has 0 heterocycles. The standard InChI is InChI=1S/C33H40N2O8/c36-31(35-30(32(37)38)18-10-11-19-34-33(39)43-22-28-16-8-3-9-17-28)25-41-24-29(42-21-27-14-6-2-7-15-27)23-40-20-26-12-4-1-5-13-26/h1-9,12-17,29-30H,10-11,18-25H2,(H,34,39)(H,35,36)(H,37,38)/t29?,30-/m0/s1. The number of benzene rings is 3. The summed E-state index contributed by atoms with van der Waals surface area (Å²) in [6.07, 6.45) is 0.239. The van der Waals surface area contributed by atoms with E-state index in [-0.39, 0.29) is 32.8 Å². The van der Waals surface area contributed by atoms with Gasteiger partial charge in [-0.25, -0.2) is 9.59 Å². The zero-order chi connectivity index (χ0) is 30.5. The van der Waals surface area contributed by atoms with Gasteiger partial charge < -0.3 is 34.7 Å². The second-order valence-corrected chi connectivity index (χ2v) is 9.88. The SMILES string of the molecule is O=C(COCC(COCc1ccccc1)OCc1ccccc1)N[C@@H](CCCCNC(=O)OCc1ccccc1)C(=O)O. The minimum atomic E-state index is -1.14. The van der Waals surface area contributed by atoms with E-state index in [1.807, 2.05) is 91.0 Å². The third-order valence-corrected chi connectivity index (χ3v) is 6.32. The van der Waals surface area contributed by atoms with Crippen LogP contribution in [0.25, 0.3) is 0 Å². The fourth-order valence-corrected chi connectivity index (χ4v) is 4.03. The van der Waals surface area contributed by atoms with E-state index in [4.69, 9.17) is 18.9 Å². The number of alkyl carbamates (subject to hydrolysis) is 1. The van der Waals surface area contributed by atoms with E-state index in [0.29, 0.717) is 32.6 Å². The molecular formula is C33H40N2O8. The number of hydrogen-bond donors (Lipinski definition) is 3. The predicted molar refractivity (Wildman–Crippen MR) is 160 cm³/mol. The summed E-state index contributed by atoms with van der Waals surface area (Å²) in [5, 5.41) is 14.7. The molecule has 10 heteroatoms. The second kappa shape index (κ2) is 19.8. The molecule has 2 amide bonds. The molecular weight excluding hydrogens is 552 g/mol. The number of rotatable bonds is 20. The molecule has 43 heavy (non-hydrogen) atoms. The van der Waals surface area contributed by atoms with Crippen LogP contribution in [-0.2, 0) is 48.4 Å². The van der Waals surface area contributed by atoms with Crippen molar-refractivity contribution < 1.29 is 38.4 Å². The van der Waals surface area contributed by atoms with Crippen molar-refractivity contribution in [1.82, 2.24) is 10.6 Å². The maximum Gasteiger partial charge on any atom is 0.407 e. The third kappa shape index (κ3) is 14.5. The Balaban J connectivity index is 1.33. The molecule has 3 N–H and O–H groups in total. The van der Waals surface area contributed by atoms with Crippen LogP contribution in [0, 0.1) is 0 Å². The van der Waals surface area contributed by atoms with Gasteiger partial charge >= 0.3 is 12.1 Å². The van der Waals surface area contributed by atoms with Crippen molar-refractivity contribution in [1.29, 1.82) is 0 Å². The van der Waals surface area contributed by atoms with Gasteiger partial charge in [-0.1, -0.05) is 91.0 Å². The minimum absolute atomic E-state index is 0.0961. The van der Waals surface area contributed by atoms with E-state index in [9.17, 15) is 19.5 Å². The lowest BCUT2D eigenvalue weighted by atomic mass is 10.1. The highest BCUT2D eigenvalue weighted by Crippen LogP contribution is 2.08. The van der Waals surface area contributed by atoms with Gasteiger partial charge in [0.2, 0.25) is 5.91 Å². The molecule has 0 aliphatic heterocycles. The van der Waals surface area contributed by atoms with E-state index in [0.717, 1.165) is 16.7 Å². The highest BCUT2D eigenvalue weighted by atomic mass is 16.6. The van der Waals surface area contributed by atoms with Gasteiger partial charge in [0.25, 0.3) is 0 Å². The first-order valence-electron chi connectivity index (χ1n) is 14.3. The molecule has 0 spiro atoms. The molecule has 2 atom stereocenters. The Hall–Kier alpha value is -4.25. The number of ether oxygens (including phenoxy) is 4. The molecule has 1 unspecified atom stereocenters. The Morgan fingerprint density at radius 1 is 0.698 bits per heavy atom. The average Bonchev–Trinajstić information content (AvgIpc) is 3.03. The van der Waals surface area contributed by atoms with Gasteiger partial charge in [0, 0.05) is 6.54 Å². The van der Waals surface area contributed by atoms with Gasteiger partial charge in [-0.3, -0.25) is 4.79 Å². The molecule has 0 bridgehead atoms. The fraction of sp³-hybridized carbons (Fsp3) is 0.364. The number of hydrogen-bond acceptors (Lipinski definition) is 7. The van der Waals surface area contributed by atoms with Crippen LogP contribution in [0.3, 0.4) is 0 Å². The van der Waals surface area contributed by atoms with Crippen molar-refractivity contribution in [3.05, 3.63) is 108 Å². The van der Waals surface area contributed by atoms with Gasteiger partial charge in [-0.05, 0) is 36.0 Å². The van der Waals surface area contributed by atoms with Gasteiger partial charge in [0.05, 0.1) is 26.4 Å². The lowest BCUT2D eigenvalue weighted by Crippen LogP contribution is -2.43. The van der Waals surface area contributed by atoms with Crippen LogP contribution in [0.15, 0.2) is 91.0 Å². The maximum absolute atomic E-state index is 12.4. The highest BCUT2D eigenvalue weighted by molar-refractivity contribution is 5.84. The Morgan fingerprint density at radius 3 is 1.86 bits per heavy atom. The number of amides is 2. The first kappa shape index (κ1) is 33.3. The fourth-order valence-electron chi connectivity index (χ4n) is 4.03. The molecule has 3 aromatic rings. The van der Waals surface area contributed by atoms with Crippen LogP contribution in [-0.4, -0.2) is 61.6 Å². The number of carbonyl (C=O) groups excluding carboxylic acids is 2. The molecule has 0 saturated heterocycles. The lowest BCUT2D eigenvalue weighted by molar-refractivity contribution is -0.143. The maximum atomic E-state index is 12.4. The Kier molecular flexibility index (Phi) is 15.3. The summed E-state index contributed by atoms with van der Waals surface area (Å²) in [6, 6.07) is 27.7. The van der Waals surface area contributed by atoms with E-state index in [1.165, 1.54) is 0 Å². The monoisotopic (exact) mass is 592 g/mol. The molecule has 3 rings (SSSR count). The third-order valence-electron chi connectivity index (χ3n) is 6.32. The zero-order valence-electron chi connectivity index (χ0n) is 24.2. The van der Waals surface area contributed by atoms with Crippen LogP contribution in [0.4, 0.5) is 4.79 Å². The molecule has 0 saturated carbocycles. The number of aliphatic carboxylic acids is 1. The topological polar surface area (TPSA) is 132 Å². The number of carboxylic acids is 1. The van der Waals surface area contributed by atoms with Crippen LogP contribution >= 0.6 is 0 Å².